The Morgan fingerprint density at radius 1 is 1.37 bits per heavy atom. The summed E-state index contributed by atoms with van der Waals surface area (Å²) in [6.45, 7) is 6.30. The third-order valence-electron chi connectivity index (χ3n) is 2.25. The van der Waals surface area contributed by atoms with Crippen molar-refractivity contribution < 1.29 is 17.5 Å². The van der Waals surface area contributed by atoms with Crippen LogP contribution >= 0.6 is 0 Å². The highest BCUT2D eigenvalue weighted by Gasteiger charge is 1.97. The predicted molar refractivity (Wildman–Crippen MR) is 70.3 cm³/mol. The van der Waals surface area contributed by atoms with Gasteiger partial charge in [0.2, 0.25) is 6.33 Å². The number of nitrogens with one attached hydrogen (secondary N) is 1. The van der Waals surface area contributed by atoms with Crippen molar-refractivity contribution in [2.24, 2.45) is 0 Å². The number of imidazole rings is 1. The van der Waals surface area contributed by atoms with Gasteiger partial charge in [0.05, 0.1) is 4.90 Å². The number of aryl methyl sites for hydroxylation is 1. The fourth-order valence-electron chi connectivity index (χ4n) is 1.29. The first-order chi connectivity index (χ1) is 8.93. The number of hydrogen-bond acceptors (Lipinski definition) is 3. The van der Waals surface area contributed by atoms with Crippen LogP contribution in [0.15, 0.2) is 60.5 Å². The minimum atomic E-state index is -4.27. The first-order valence-electron chi connectivity index (χ1n) is 5.59. The van der Waals surface area contributed by atoms with Gasteiger partial charge in [0.15, 0.2) is 0 Å². The molecule has 0 spiro atoms. The van der Waals surface area contributed by atoms with Crippen molar-refractivity contribution in [2.75, 3.05) is 0 Å². The first kappa shape index (κ1) is 15.1. The molecule has 5 nitrogen and oxygen atoms in total. The van der Waals surface area contributed by atoms with E-state index in [4.69, 9.17) is 0 Å². The zero-order chi connectivity index (χ0) is 14.3. The highest BCUT2D eigenvalue weighted by molar-refractivity contribution is 7.85. The van der Waals surface area contributed by atoms with Gasteiger partial charge in [0.25, 0.3) is 0 Å². The van der Waals surface area contributed by atoms with Gasteiger partial charge in [-0.3, -0.25) is 4.98 Å². The van der Waals surface area contributed by atoms with Gasteiger partial charge in [0.1, 0.15) is 29.1 Å². The fourth-order valence-corrected chi connectivity index (χ4v) is 1.76. The van der Waals surface area contributed by atoms with E-state index in [1.165, 1.54) is 12.1 Å². The molecule has 0 atom stereocenters. The summed E-state index contributed by atoms with van der Waals surface area (Å²) in [7, 11) is -4.27. The van der Waals surface area contributed by atoms with Crippen molar-refractivity contribution in [1.29, 1.82) is 0 Å². The van der Waals surface area contributed by atoms with Gasteiger partial charge in [-0.1, -0.05) is 30.4 Å². The average Bonchev–Trinajstić information content (AvgIpc) is 2.83. The molecule has 0 fully saturated rings. The van der Waals surface area contributed by atoms with Crippen molar-refractivity contribution in [3.05, 3.63) is 61.2 Å². The number of benzene rings is 1. The Labute approximate surface area is 113 Å². The lowest BCUT2D eigenvalue weighted by Crippen LogP contribution is -2.28. The lowest BCUT2D eigenvalue weighted by molar-refractivity contribution is -0.685. The van der Waals surface area contributed by atoms with Crippen LogP contribution in [0.3, 0.4) is 0 Å². The van der Waals surface area contributed by atoms with Crippen molar-refractivity contribution >= 4 is 10.1 Å². The lowest BCUT2D eigenvalue weighted by atomic mass is 10.2. The highest BCUT2D eigenvalue weighted by atomic mass is 32.2. The van der Waals surface area contributed by atoms with Gasteiger partial charge in [-0.05, 0) is 19.1 Å². The molecule has 1 heterocycles. The third-order valence-corrected chi connectivity index (χ3v) is 3.10. The van der Waals surface area contributed by atoms with E-state index in [0.29, 0.717) is 0 Å². The Hall–Kier alpha value is -1.92. The van der Waals surface area contributed by atoms with Gasteiger partial charge in [-0.2, -0.15) is 0 Å². The van der Waals surface area contributed by atoms with Crippen LogP contribution in [-0.4, -0.2) is 18.0 Å². The quantitative estimate of drug-likeness (QED) is 0.524. The van der Waals surface area contributed by atoms with E-state index in [-0.39, 0.29) is 4.90 Å². The summed E-state index contributed by atoms with van der Waals surface area (Å²) < 4.78 is 33.2. The van der Waals surface area contributed by atoms with Crippen LogP contribution < -0.4 is 4.57 Å². The number of allylic oxidation sites excluding steroid dienone is 1. The van der Waals surface area contributed by atoms with Gasteiger partial charge in [0, 0.05) is 0 Å². The zero-order valence-electron chi connectivity index (χ0n) is 10.6. The summed E-state index contributed by atoms with van der Waals surface area (Å²) >= 11 is 0. The molecule has 0 amide bonds. The maximum absolute atomic E-state index is 10.4. The smallest absolute Gasteiger partial charge is 0.241 e. The molecule has 0 saturated carbocycles. The summed E-state index contributed by atoms with van der Waals surface area (Å²) in [5.41, 5.74) is 0.928. The Morgan fingerprint density at radius 3 is 2.42 bits per heavy atom. The van der Waals surface area contributed by atoms with E-state index >= 15 is 0 Å². The van der Waals surface area contributed by atoms with Gasteiger partial charge < -0.3 is 4.55 Å². The molecule has 1 aromatic carbocycles. The van der Waals surface area contributed by atoms with Crippen LogP contribution in [0.2, 0.25) is 0 Å². The molecule has 1 N–H and O–H groups in total. The second-order valence-corrected chi connectivity index (χ2v) is 5.24. The number of hydrogen-bond donors (Lipinski definition) is 1. The molecule has 6 heteroatoms. The van der Waals surface area contributed by atoms with E-state index in [0.717, 1.165) is 12.1 Å². The maximum Gasteiger partial charge on any atom is 0.241 e. The highest BCUT2D eigenvalue weighted by Crippen LogP contribution is 2.08. The second-order valence-electron chi connectivity index (χ2n) is 3.86. The summed E-state index contributed by atoms with van der Waals surface area (Å²) in [6.07, 6.45) is 7.58. The third kappa shape index (κ3) is 5.50. The maximum atomic E-state index is 10.4. The van der Waals surface area contributed by atoms with E-state index in [1.54, 1.807) is 12.1 Å². The molecule has 0 aliphatic heterocycles. The first-order valence-corrected chi connectivity index (χ1v) is 6.99. The SMILES string of the molecule is C=CC[n+]1cc[nH]c1.Cc1ccc(S(=O)(=O)[O-])cc1. The van der Waals surface area contributed by atoms with Crippen molar-refractivity contribution in [3.63, 3.8) is 0 Å². The molecular weight excluding hydrogens is 264 g/mol. The average molecular weight is 280 g/mol. The molecule has 19 heavy (non-hydrogen) atoms. The fraction of sp³-hybridized carbons (Fsp3) is 0.154. The summed E-state index contributed by atoms with van der Waals surface area (Å²) in [5, 5.41) is 0. The van der Waals surface area contributed by atoms with Crippen molar-refractivity contribution in [2.45, 2.75) is 18.4 Å². The largest absolute Gasteiger partial charge is 0.744 e. The molecule has 0 radical (unpaired) electrons. The summed E-state index contributed by atoms with van der Waals surface area (Å²) in [6, 6.07) is 5.78. The Balaban J connectivity index is 0.000000200. The van der Waals surface area contributed by atoms with Crippen LogP contribution in [0, 0.1) is 6.92 Å². The van der Waals surface area contributed by atoms with E-state index in [9.17, 15) is 13.0 Å². The standard InChI is InChI=1S/C7H8O3S.C6H8N2/c1-6-2-4-7(5-3-6)11(8,9)10;1-2-4-8-5-3-7-6-8/h2-5H,1H3,(H,8,9,10);2-3,5-6H,1,4H2. The molecule has 1 aromatic heterocycles. The monoisotopic (exact) mass is 280 g/mol. The van der Waals surface area contributed by atoms with E-state index in [1.807, 2.05) is 36.3 Å². The van der Waals surface area contributed by atoms with Crippen molar-refractivity contribution in [3.8, 4) is 0 Å². The zero-order valence-corrected chi connectivity index (χ0v) is 11.4. The normalized spacial score (nSPS) is 10.4. The number of H-pyrrole nitrogens is 1. The Bertz CT molecular complexity index is 602. The van der Waals surface area contributed by atoms with Gasteiger partial charge in [-0.25, -0.2) is 13.0 Å². The molecule has 0 aliphatic carbocycles. The van der Waals surface area contributed by atoms with E-state index in [2.05, 4.69) is 11.6 Å². The van der Waals surface area contributed by atoms with Crippen LogP contribution in [0.4, 0.5) is 0 Å². The van der Waals surface area contributed by atoms with E-state index < -0.39 is 10.1 Å². The number of rotatable bonds is 3. The summed E-state index contributed by atoms with van der Waals surface area (Å²) in [4.78, 5) is 2.75. The molecule has 2 rings (SSSR count). The molecule has 2 aromatic rings. The molecule has 0 aliphatic rings. The molecule has 0 bridgehead atoms. The van der Waals surface area contributed by atoms with Crippen LogP contribution in [-0.2, 0) is 16.7 Å². The number of aromatic nitrogens is 2. The number of nitrogens with zero attached hydrogens (tertiary/aromatic N) is 1. The van der Waals surface area contributed by atoms with Crippen molar-refractivity contribution in [1.82, 2.24) is 4.98 Å². The summed E-state index contributed by atoms with van der Waals surface area (Å²) in [5.74, 6) is 0. The Kier molecular flexibility index (Phi) is 5.47. The van der Waals surface area contributed by atoms with Crippen LogP contribution in [0.5, 0.6) is 0 Å². The second kappa shape index (κ2) is 6.86. The minimum absolute atomic E-state index is 0.178. The van der Waals surface area contributed by atoms with Gasteiger partial charge in [-0.15, -0.1) is 0 Å². The molecular formula is C13H16N2O3S. The number of aromatic amines is 1. The molecule has 0 saturated heterocycles. The lowest BCUT2D eigenvalue weighted by Gasteiger charge is -2.05. The van der Waals surface area contributed by atoms with Gasteiger partial charge >= 0.3 is 0 Å². The predicted octanol–water partition coefficient (Wildman–Crippen LogP) is 1.39. The van der Waals surface area contributed by atoms with Crippen LogP contribution in [0.25, 0.3) is 0 Å². The molecule has 0 unspecified atom stereocenters. The van der Waals surface area contributed by atoms with Crippen LogP contribution in [0.1, 0.15) is 5.56 Å². The Morgan fingerprint density at radius 2 is 2.00 bits per heavy atom. The minimum Gasteiger partial charge on any atom is -0.744 e. The molecule has 102 valence electrons. The topological polar surface area (TPSA) is 76.9 Å².